The van der Waals surface area contributed by atoms with Gasteiger partial charge in [0.05, 0.1) is 7.11 Å². The van der Waals surface area contributed by atoms with Gasteiger partial charge < -0.3 is 15.4 Å². The van der Waals surface area contributed by atoms with Crippen molar-refractivity contribution in [3.8, 4) is 5.75 Å². The van der Waals surface area contributed by atoms with Crippen molar-refractivity contribution >= 4 is 0 Å². The molecule has 3 nitrogen and oxygen atoms in total. The highest BCUT2D eigenvalue weighted by Crippen LogP contribution is 2.28. The van der Waals surface area contributed by atoms with Gasteiger partial charge >= 0.3 is 0 Å². The average molecular weight is 250 g/mol. The van der Waals surface area contributed by atoms with Crippen molar-refractivity contribution in [1.29, 1.82) is 0 Å². The van der Waals surface area contributed by atoms with Crippen molar-refractivity contribution in [2.45, 2.75) is 38.3 Å². The van der Waals surface area contributed by atoms with Crippen LogP contribution in [-0.4, -0.2) is 31.6 Å². The van der Waals surface area contributed by atoms with Crippen molar-refractivity contribution < 1.29 is 4.74 Å². The van der Waals surface area contributed by atoms with Crippen molar-refractivity contribution in [3.05, 3.63) is 29.8 Å². The molecule has 1 aromatic carbocycles. The molecule has 0 heterocycles. The lowest BCUT2D eigenvalue weighted by Crippen LogP contribution is -2.33. The van der Waals surface area contributed by atoms with Gasteiger partial charge in [0.15, 0.2) is 0 Å². The molecule has 1 rings (SSSR count). The van der Waals surface area contributed by atoms with E-state index in [0.717, 1.165) is 18.6 Å². The fourth-order valence-corrected chi connectivity index (χ4v) is 2.08. The summed E-state index contributed by atoms with van der Waals surface area (Å²) in [5.41, 5.74) is 7.24. The van der Waals surface area contributed by atoms with Crippen LogP contribution in [0.2, 0.25) is 0 Å². The molecule has 1 aromatic rings. The van der Waals surface area contributed by atoms with E-state index < -0.39 is 0 Å². The highest BCUT2D eigenvalue weighted by Gasteiger charge is 2.19. The largest absolute Gasteiger partial charge is 0.497 e. The predicted octanol–water partition coefficient (Wildman–Crippen LogP) is 2.82. The summed E-state index contributed by atoms with van der Waals surface area (Å²) >= 11 is 0. The Labute approximate surface area is 111 Å². The molecule has 102 valence electrons. The van der Waals surface area contributed by atoms with E-state index in [-0.39, 0.29) is 5.54 Å². The summed E-state index contributed by atoms with van der Waals surface area (Å²) < 4.78 is 5.29. The Hall–Kier alpha value is -1.06. The minimum atomic E-state index is -0.118. The number of hydrogen-bond acceptors (Lipinski definition) is 3. The number of rotatable bonds is 6. The first kappa shape index (κ1) is 15.0. The third kappa shape index (κ3) is 4.67. The monoisotopic (exact) mass is 250 g/mol. The SMILES string of the molecule is COc1cccc(C(CCC(C)(C)N)N(C)C)c1. The number of nitrogens with two attached hydrogens (primary N) is 1. The van der Waals surface area contributed by atoms with E-state index in [1.54, 1.807) is 7.11 Å². The van der Waals surface area contributed by atoms with E-state index in [1.807, 2.05) is 12.1 Å². The molecule has 0 saturated heterocycles. The summed E-state index contributed by atoms with van der Waals surface area (Å²) in [6.07, 6.45) is 2.04. The summed E-state index contributed by atoms with van der Waals surface area (Å²) in [6.45, 7) is 4.15. The lowest BCUT2D eigenvalue weighted by molar-refractivity contribution is 0.261. The van der Waals surface area contributed by atoms with E-state index in [0.29, 0.717) is 6.04 Å². The number of hydrogen-bond donors (Lipinski definition) is 1. The molecule has 0 aliphatic rings. The zero-order valence-electron chi connectivity index (χ0n) is 12.2. The van der Waals surface area contributed by atoms with Gasteiger partial charge in [-0.3, -0.25) is 0 Å². The van der Waals surface area contributed by atoms with Crippen LogP contribution < -0.4 is 10.5 Å². The molecule has 0 spiro atoms. The van der Waals surface area contributed by atoms with Gasteiger partial charge in [0, 0.05) is 11.6 Å². The molecule has 0 bridgehead atoms. The molecular weight excluding hydrogens is 224 g/mol. The molecule has 0 aliphatic carbocycles. The lowest BCUT2D eigenvalue weighted by atomic mass is 9.93. The molecule has 3 heteroatoms. The normalized spacial score (nSPS) is 13.7. The molecule has 0 amide bonds. The molecular formula is C15H26N2O. The fourth-order valence-electron chi connectivity index (χ4n) is 2.08. The zero-order chi connectivity index (χ0) is 13.8. The van der Waals surface area contributed by atoms with E-state index in [9.17, 15) is 0 Å². The average Bonchev–Trinajstić information content (AvgIpc) is 2.27. The van der Waals surface area contributed by atoms with Crippen LogP contribution in [0.5, 0.6) is 5.75 Å². The van der Waals surface area contributed by atoms with Crippen LogP contribution in [0.1, 0.15) is 38.3 Å². The maximum absolute atomic E-state index is 6.07. The molecule has 0 fully saturated rings. The molecule has 0 aromatic heterocycles. The maximum atomic E-state index is 6.07. The van der Waals surface area contributed by atoms with Gasteiger partial charge in [0.25, 0.3) is 0 Å². The zero-order valence-corrected chi connectivity index (χ0v) is 12.2. The van der Waals surface area contributed by atoms with Crippen molar-refractivity contribution in [2.24, 2.45) is 5.73 Å². The Balaban J connectivity index is 2.83. The standard InChI is InChI=1S/C15H26N2O/c1-15(2,16)10-9-14(17(3)4)12-7-6-8-13(11-12)18-5/h6-8,11,14H,9-10,16H2,1-5H3. The summed E-state index contributed by atoms with van der Waals surface area (Å²) in [6, 6.07) is 8.65. The fraction of sp³-hybridized carbons (Fsp3) is 0.600. The first-order chi connectivity index (χ1) is 8.33. The minimum absolute atomic E-state index is 0.118. The Morgan fingerprint density at radius 1 is 1.33 bits per heavy atom. The Kier molecular flexibility index (Phi) is 5.17. The van der Waals surface area contributed by atoms with Crippen molar-refractivity contribution in [1.82, 2.24) is 4.90 Å². The molecule has 0 aliphatic heterocycles. The van der Waals surface area contributed by atoms with Gasteiger partial charge in [-0.1, -0.05) is 12.1 Å². The van der Waals surface area contributed by atoms with Crippen LogP contribution >= 0.6 is 0 Å². The van der Waals surface area contributed by atoms with Gasteiger partial charge in [-0.15, -0.1) is 0 Å². The van der Waals surface area contributed by atoms with Crippen LogP contribution in [0, 0.1) is 0 Å². The van der Waals surface area contributed by atoms with Crippen LogP contribution in [0.25, 0.3) is 0 Å². The molecule has 0 saturated carbocycles. The highest BCUT2D eigenvalue weighted by atomic mass is 16.5. The van der Waals surface area contributed by atoms with Gasteiger partial charge in [0.1, 0.15) is 5.75 Å². The second-order valence-corrected chi connectivity index (χ2v) is 5.78. The predicted molar refractivity (Wildman–Crippen MR) is 76.9 cm³/mol. The van der Waals surface area contributed by atoms with Gasteiger partial charge in [0.2, 0.25) is 0 Å². The summed E-state index contributed by atoms with van der Waals surface area (Å²) in [5, 5.41) is 0. The van der Waals surface area contributed by atoms with E-state index in [2.05, 4.69) is 45.0 Å². The first-order valence-electron chi connectivity index (χ1n) is 6.43. The second-order valence-electron chi connectivity index (χ2n) is 5.78. The highest BCUT2D eigenvalue weighted by molar-refractivity contribution is 5.30. The van der Waals surface area contributed by atoms with E-state index in [1.165, 1.54) is 5.56 Å². The van der Waals surface area contributed by atoms with Crippen molar-refractivity contribution in [2.75, 3.05) is 21.2 Å². The third-order valence-electron chi connectivity index (χ3n) is 3.16. The Morgan fingerprint density at radius 3 is 2.50 bits per heavy atom. The summed E-state index contributed by atoms with van der Waals surface area (Å²) in [5.74, 6) is 0.909. The Morgan fingerprint density at radius 2 is 2.00 bits per heavy atom. The van der Waals surface area contributed by atoms with Gasteiger partial charge in [-0.25, -0.2) is 0 Å². The van der Waals surface area contributed by atoms with Crippen molar-refractivity contribution in [3.63, 3.8) is 0 Å². The molecule has 1 atom stereocenters. The molecule has 1 unspecified atom stereocenters. The van der Waals surface area contributed by atoms with Gasteiger partial charge in [-0.2, -0.15) is 0 Å². The lowest BCUT2D eigenvalue weighted by Gasteiger charge is -2.28. The van der Waals surface area contributed by atoms with Crippen LogP contribution in [0.3, 0.4) is 0 Å². The second kappa shape index (κ2) is 6.21. The number of methoxy groups -OCH3 is 1. The van der Waals surface area contributed by atoms with Crippen LogP contribution in [0.4, 0.5) is 0 Å². The number of benzene rings is 1. The molecule has 0 radical (unpaired) electrons. The summed E-state index contributed by atoms with van der Waals surface area (Å²) in [7, 11) is 5.91. The number of ether oxygens (including phenoxy) is 1. The third-order valence-corrected chi connectivity index (χ3v) is 3.16. The Bertz CT molecular complexity index is 369. The maximum Gasteiger partial charge on any atom is 0.119 e. The number of nitrogens with zero attached hydrogens (tertiary/aromatic N) is 1. The topological polar surface area (TPSA) is 38.5 Å². The van der Waals surface area contributed by atoms with E-state index in [4.69, 9.17) is 10.5 Å². The van der Waals surface area contributed by atoms with Crippen LogP contribution in [-0.2, 0) is 0 Å². The first-order valence-corrected chi connectivity index (χ1v) is 6.43. The smallest absolute Gasteiger partial charge is 0.119 e. The van der Waals surface area contributed by atoms with E-state index >= 15 is 0 Å². The van der Waals surface area contributed by atoms with Crippen LogP contribution in [0.15, 0.2) is 24.3 Å². The summed E-state index contributed by atoms with van der Waals surface area (Å²) in [4.78, 5) is 2.24. The molecule has 18 heavy (non-hydrogen) atoms. The minimum Gasteiger partial charge on any atom is -0.497 e. The quantitative estimate of drug-likeness (QED) is 0.843. The molecule has 2 N–H and O–H groups in total. The van der Waals surface area contributed by atoms with Gasteiger partial charge in [-0.05, 0) is 58.5 Å².